The zero-order valence-corrected chi connectivity index (χ0v) is 12.9. The van der Waals surface area contributed by atoms with E-state index in [0.29, 0.717) is 5.75 Å². The molecule has 23 heavy (non-hydrogen) atoms. The molecule has 1 aliphatic rings. The molecule has 0 radical (unpaired) electrons. The van der Waals surface area contributed by atoms with Gasteiger partial charge in [0.05, 0.1) is 6.61 Å². The Bertz CT molecular complexity index is 730. The molecule has 0 saturated carbocycles. The molecular weight excluding hydrogens is 297 g/mol. The molecule has 1 N–H and O–H groups in total. The Labute approximate surface area is 134 Å². The molecule has 0 bridgehead atoms. The molecule has 0 aromatic heterocycles. The Morgan fingerprint density at radius 2 is 2.13 bits per heavy atom. The van der Waals surface area contributed by atoms with Gasteiger partial charge in [0.15, 0.2) is 0 Å². The maximum atomic E-state index is 13.5. The smallest absolute Gasteiger partial charge is 0.341 e. The maximum absolute atomic E-state index is 13.5. The summed E-state index contributed by atoms with van der Waals surface area (Å²) in [4.78, 5) is 12.0. The number of esters is 1. The van der Waals surface area contributed by atoms with E-state index in [1.165, 1.54) is 18.2 Å². The summed E-state index contributed by atoms with van der Waals surface area (Å²) in [6.07, 6.45) is 2.03. The van der Waals surface area contributed by atoms with Gasteiger partial charge in [-0.1, -0.05) is 0 Å². The predicted molar refractivity (Wildman–Crippen MR) is 85.7 cm³/mol. The van der Waals surface area contributed by atoms with Crippen LogP contribution in [0.3, 0.4) is 0 Å². The molecule has 3 rings (SSSR count). The third-order valence-electron chi connectivity index (χ3n) is 3.68. The zero-order chi connectivity index (χ0) is 16.2. The summed E-state index contributed by atoms with van der Waals surface area (Å²) in [5.41, 5.74) is 2.46. The summed E-state index contributed by atoms with van der Waals surface area (Å²) < 4.78 is 24.3. The van der Waals surface area contributed by atoms with Gasteiger partial charge in [0.2, 0.25) is 0 Å². The lowest BCUT2D eigenvalue weighted by Gasteiger charge is -2.19. The van der Waals surface area contributed by atoms with Gasteiger partial charge in [-0.3, -0.25) is 0 Å². The van der Waals surface area contributed by atoms with E-state index in [0.717, 1.165) is 30.6 Å². The van der Waals surface area contributed by atoms with E-state index < -0.39 is 11.8 Å². The Morgan fingerprint density at radius 3 is 2.96 bits per heavy atom. The second-order valence-corrected chi connectivity index (χ2v) is 5.31. The molecule has 0 amide bonds. The number of hydrogen-bond acceptors (Lipinski definition) is 4. The first-order valence-corrected chi connectivity index (χ1v) is 7.68. The number of halogens is 1. The van der Waals surface area contributed by atoms with Gasteiger partial charge >= 0.3 is 5.97 Å². The van der Waals surface area contributed by atoms with E-state index >= 15 is 0 Å². The minimum absolute atomic E-state index is 0.159. The molecular formula is C18H18FNO3. The fourth-order valence-electron chi connectivity index (χ4n) is 2.60. The number of ether oxygens (including phenoxy) is 2. The molecule has 120 valence electrons. The number of carbonyl (C=O) groups excluding carboxylic acids is 1. The van der Waals surface area contributed by atoms with Crippen LogP contribution in [0.25, 0.3) is 0 Å². The van der Waals surface area contributed by atoms with Crippen molar-refractivity contribution in [2.45, 2.75) is 19.8 Å². The highest BCUT2D eigenvalue weighted by Gasteiger charge is 2.16. The first-order valence-electron chi connectivity index (χ1n) is 7.68. The highest BCUT2D eigenvalue weighted by molar-refractivity contribution is 5.92. The van der Waals surface area contributed by atoms with Gasteiger partial charge in [-0.05, 0) is 55.7 Å². The molecule has 4 nitrogen and oxygen atoms in total. The molecule has 0 spiro atoms. The third-order valence-corrected chi connectivity index (χ3v) is 3.68. The summed E-state index contributed by atoms with van der Waals surface area (Å²) in [7, 11) is 0. The SMILES string of the molecule is CCOC(=O)c1ccc(F)cc1Oc1ccc2c(c1)CCCN2. The number of hydrogen-bond donors (Lipinski definition) is 1. The molecule has 2 aromatic carbocycles. The maximum Gasteiger partial charge on any atom is 0.341 e. The highest BCUT2D eigenvalue weighted by atomic mass is 19.1. The first kappa shape index (κ1) is 15.3. The van der Waals surface area contributed by atoms with Crippen molar-refractivity contribution in [2.75, 3.05) is 18.5 Å². The second-order valence-electron chi connectivity index (χ2n) is 5.31. The summed E-state index contributed by atoms with van der Waals surface area (Å²) in [6.45, 7) is 2.93. The molecule has 0 unspecified atom stereocenters. The first-order chi connectivity index (χ1) is 11.2. The van der Waals surface area contributed by atoms with Crippen molar-refractivity contribution in [3.8, 4) is 11.5 Å². The lowest BCUT2D eigenvalue weighted by molar-refractivity contribution is 0.0523. The lowest BCUT2D eigenvalue weighted by Crippen LogP contribution is -2.11. The van der Waals surface area contributed by atoms with Crippen LogP contribution < -0.4 is 10.1 Å². The van der Waals surface area contributed by atoms with E-state index in [9.17, 15) is 9.18 Å². The van der Waals surface area contributed by atoms with Crippen LogP contribution in [0.4, 0.5) is 10.1 Å². The van der Waals surface area contributed by atoms with Gasteiger partial charge in [-0.15, -0.1) is 0 Å². The Morgan fingerprint density at radius 1 is 1.26 bits per heavy atom. The molecule has 5 heteroatoms. The number of nitrogens with one attached hydrogen (secondary N) is 1. The van der Waals surface area contributed by atoms with Crippen LogP contribution in [0, 0.1) is 5.82 Å². The lowest BCUT2D eigenvalue weighted by atomic mass is 10.0. The van der Waals surface area contributed by atoms with Crippen molar-refractivity contribution in [2.24, 2.45) is 0 Å². The Hall–Kier alpha value is -2.56. The quantitative estimate of drug-likeness (QED) is 0.861. The number of benzene rings is 2. The average molecular weight is 315 g/mol. The number of rotatable bonds is 4. The number of fused-ring (bicyclic) bond motifs is 1. The van der Waals surface area contributed by atoms with E-state index in [-0.39, 0.29) is 17.9 Å². The van der Waals surface area contributed by atoms with E-state index in [4.69, 9.17) is 9.47 Å². The normalized spacial score (nSPS) is 13.0. The highest BCUT2D eigenvalue weighted by Crippen LogP contribution is 2.31. The summed E-state index contributed by atoms with van der Waals surface area (Å²) in [5.74, 6) is -0.259. The molecule has 1 heterocycles. The van der Waals surface area contributed by atoms with Gasteiger partial charge in [0.1, 0.15) is 22.9 Å². The standard InChI is InChI=1S/C18H18FNO3/c1-2-22-18(21)15-7-5-13(19)11-17(15)23-14-6-8-16-12(10-14)4-3-9-20-16/h5-8,10-11,20H,2-4,9H2,1H3. The third kappa shape index (κ3) is 3.44. The fraction of sp³-hybridized carbons (Fsp3) is 0.278. The molecule has 0 fully saturated rings. The van der Waals surface area contributed by atoms with E-state index in [1.807, 2.05) is 12.1 Å². The van der Waals surface area contributed by atoms with Crippen LogP contribution in [-0.4, -0.2) is 19.1 Å². The van der Waals surface area contributed by atoms with Gasteiger partial charge in [0, 0.05) is 18.3 Å². The fourth-order valence-corrected chi connectivity index (χ4v) is 2.60. The van der Waals surface area contributed by atoms with Crippen LogP contribution in [0.1, 0.15) is 29.3 Å². The zero-order valence-electron chi connectivity index (χ0n) is 12.9. The van der Waals surface area contributed by atoms with E-state index in [1.54, 1.807) is 13.0 Å². The van der Waals surface area contributed by atoms with Crippen molar-refractivity contribution in [3.63, 3.8) is 0 Å². The average Bonchev–Trinajstić information content (AvgIpc) is 2.55. The monoisotopic (exact) mass is 315 g/mol. The number of anilines is 1. The number of aryl methyl sites for hydroxylation is 1. The molecule has 1 aliphatic heterocycles. The van der Waals surface area contributed by atoms with Crippen LogP contribution in [0.5, 0.6) is 11.5 Å². The van der Waals surface area contributed by atoms with Crippen molar-refractivity contribution in [1.29, 1.82) is 0 Å². The van der Waals surface area contributed by atoms with Gasteiger partial charge in [-0.2, -0.15) is 0 Å². The van der Waals surface area contributed by atoms with Crippen molar-refractivity contribution < 1.29 is 18.7 Å². The van der Waals surface area contributed by atoms with Crippen molar-refractivity contribution in [1.82, 2.24) is 0 Å². The van der Waals surface area contributed by atoms with E-state index in [2.05, 4.69) is 5.32 Å². The molecule has 0 atom stereocenters. The second kappa shape index (κ2) is 6.69. The summed E-state index contributed by atoms with van der Waals surface area (Å²) in [5, 5.41) is 3.32. The minimum Gasteiger partial charge on any atom is -0.462 e. The molecule has 0 saturated heterocycles. The van der Waals surface area contributed by atoms with Gasteiger partial charge in [0.25, 0.3) is 0 Å². The largest absolute Gasteiger partial charge is 0.462 e. The van der Waals surface area contributed by atoms with Gasteiger partial charge in [-0.25, -0.2) is 9.18 Å². The van der Waals surface area contributed by atoms with Crippen LogP contribution in [-0.2, 0) is 11.2 Å². The topological polar surface area (TPSA) is 47.6 Å². The molecule has 2 aromatic rings. The van der Waals surface area contributed by atoms with Crippen LogP contribution in [0.2, 0.25) is 0 Å². The minimum atomic E-state index is -0.526. The molecule has 0 aliphatic carbocycles. The van der Waals surface area contributed by atoms with Crippen molar-refractivity contribution in [3.05, 3.63) is 53.3 Å². The summed E-state index contributed by atoms with van der Waals surface area (Å²) in [6, 6.07) is 9.45. The summed E-state index contributed by atoms with van der Waals surface area (Å²) >= 11 is 0. The predicted octanol–water partition coefficient (Wildman–Crippen LogP) is 4.15. The van der Waals surface area contributed by atoms with Crippen LogP contribution >= 0.6 is 0 Å². The van der Waals surface area contributed by atoms with Gasteiger partial charge < -0.3 is 14.8 Å². The Balaban J connectivity index is 1.90. The Kier molecular flexibility index (Phi) is 4.46. The van der Waals surface area contributed by atoms with Crippen molar-refractivity contribution >= 4 is 11.7 Å². The van der Waals surface area contributed by atoms with Crippen LogP contribution in [0.15, 0.2) is 36.4 Å². The number of carbonyl (C=O) groups is 1.